The molecule has 0 radical (unpaired) electrons. The summed E-state index contributed by atoms with van der Waals surface area (Å²) < 4.78 is 30.6. The summed E-state index contributed by atoms with van der Waals surface area (Å²) in [7, 11) is -2.12. The molecule has 0 spiro atoms. The SMILES string of the molecule is COC1CC(C(=O)O)N(S(=O)(=O)CC(C)(C)C)C1. The van der Waals surface area contributed by atoms with E-state index in [0.717, 1.165) is 4.31 Å². The number of hydrogen-bond donors (Lipinski definition) is 1. The predicted molar refractivity (Wildman–Crippen MR) is 66.8 cm³/mol. The molecule has 106 valence electrons. The molecule has 2 unspecified atom stereocenters. The Hall–Kier alpha value is -0.660. The third-order valence-electron chi connectivity index (χ3n) is 2.81. The fourth-order valence-electron chi connectivity index (χ4n) is 2.10. The van der Waals surface area contributed by atoms with E-state index >= 15 is 0 Å². The lowest BCUT2D eigenvalue weighted by atomic mass is 10.0. The van der Waals surface area contributed by atoms with Gasteiger partial charge in [-0.3, -0.25) is 4.79 Å². The van der Waals surface area contributed by atoms with Crippen LogP contribution in [0.3, 0.4) is 0 Å². The molecular formula is C11H21NO5S. The van der Waals surface area contributed by atoms with Crippen molar-refractivity contribution in [3.05, 3.63) is 0 Å². The Balaban J connectivity index is 2.95. The second-order valence-corrected chi connectivity index (χ2v) is 7.76. The molecule has 2 atom stereocenters. The van der Waals surface area contributed by atoms with Crippen LogP contribution < -0.4 is 0 Å². The van der Waals surface area contributed by atoms with Crippen molar-refractivity contribution in [3.63, 3.8) is 0 Å². The molecule has 7 heteroatoms. The van der Waals surface area contributed by atoms with Crippen LogP contribution >= 0.6 is 0 Å². The van der Waals surface area contributed by atoms with Crippen LogP contribution in [0.2, 0.25) is 0 Å². The number of methoxy groups -OCH3 is 1. The van der Waals surface area contributed by atoms with E-state index in [0.29, 0.717) is 0 Å². The fraction of sp³-hybridized carbons (Fsp3) is 0.909. The van der Waals surface area contributed by atoms with Gasteiger partial charge < -0.3 is 9.84 Å². The summed E-state index contributed by atoms with van der Waals surface area (Å²) in [5.74, 6) is -1.19. The Labute approximate surface area is 108 Å². The molecule has 1 aliphatic rings. The van der Waals surface area contributed by atoms with Crippen molar-refractivity contribution in [3.8, 4) is 0 Å². The van der Waals surface area contributed by atoms with E-state index in [1.54, 1.807) is 0 Å². The van der Waals surface area contributed by atoms with Gasteiger partial charge in [-0.25, -0.2) is 8.42 Å². The van der Waals surface area contributed by atoms with E-state index < -0.39 is 27.4 Å². The molecule has 1 saturated heterocycles. The van der Waals surface area contributed by atoms with E-state index in [1.807, 2.05) is 20.8 Å². The summed E-state index contributed by atoms with van der Waals surface area (Å²) in [6, 6.07) is -1.01. The summed E-state index contributed by atoms with van der Waals surface area (Å²) in [6.07, 6.45) is -0.143. The second kappa shape index (κ2) is 5.14. The number of carbonyl (C=O) groups is 1. The van der Waals surface area contributed by atoms with Crippen LogP contribution in [0.1, 0.15) is 27.2 Å². The number of hydrogen-bond acceptors (Lipinski definition) is 4. The van der Waals surface area contributed by atoms with Crippen LogP contribution in [0, 0.1) is 5.41 Å². The van der Waals surface area contributed by atoms with E-state index in [2.05, 4.69) is 0 Å². The number of carboxylic acid groups (broad SMARTS) is 1. The molecule has 1 aliphatic heterocycles. The number of nitrogens with zero attached hydrogens (tertiary/aromatic N) is 1. The van der Waals surface area contributed by atoms with Crippen molar-refractivity contribution < 1.29 is 23.1 Å². The maximum atomic E-state index is 12.2. The molecule has 0 aromatic rings. The van der Waals surface area contributed by atoms with Gasteiger partial charge in [0.25, 0.3) is 0 Å². The Morgan fingerprint density at radius 1 is 1.44 bits per heavy atom. The van der Waals surface area contributed by atoms with E-state index in [-0.39, 0.29) is 24.8 Å². The lowest BCUT2D eigenvalue weighted by molar-refractivity contribution is -0.140. The minimum Gasteiger partial charge on any atom is -0.480 e. The molecule has 1 heterocycles. The number of carboxylic acids is 1. The first kappa shape index (κ1) is 15.4. The highest BCUT2D eigenvalue weighted by atomic mass is 32.2. The molecule has 6 nitrogen and oxygen atoms in total. The minimum atomic E-state index is -3.58. The maximum Gasteiger partial charge on any atom is 0.322 e. The first-order valence-electron chi connectivity index (χ1n) is 5.82. The average Bonchev–Trinajstić information content (AvgIpc) is 2.57. The normalized spacial score (nSPS) is 26.4. The molecule has 0 aliphatic carbocycles. The zero-order valence-electron chi connectivity index (χ0n) is 11.2. The van der Waals surface area contributed by atoms with Crippen molar-refractivity contribution in [2.75, 3.05) is 19.4 Å². The van der Waals surface area contributed by atoms with Crippen molar-refractivity contribution in [1.82, 2.24) is 4.31 Å². The first-order chi connectivity index (χ1) is 8.07. The van der Waals surface area contributed by atoms with Gasteiger partial charge in [0.15, 0.2) is 0 Å². The van der Waals surface area contributed by atoms with Crippen LogP contribution in [0.4, 0.5) is 0 Å². The summed E-state index contributed by atoms with van der Waals surface area (Å²) in [5, 5.41) is 9.10. The van der Waals surface area contributed by atoms with Gasteiger partial charge in [-0.2, -0.15) is 4.31 Å². The highest BCUT2D eigenvalue weighted by Gasteiger charge is 2.44. The van der Waals surface area contributed by atoms with Crippen molar-refractivity contribution >= 4 is 16.0 Å². The first-order valence-corrected chi connectivity index (χ1v) is 7.43. The monoisotopic (exact) mass is 279 g/mol. The van der Waals surface area contributed by atoms with Gasteiger partial charge in [0.2, 0.25) is 10.0 Å². The Kier molecular flexibility index (Phi) is 4.40. The Morgan fingerprint density at radius 3 is 2.39 bits per heavy atom. The smallest absolute Gasteiger partial charge is 0.322 e. The standard InChI is InChI=1S/C11H21NO5S/c1-11(2,3)7-18(15,16)12-6-8(17-4)5-9(12)10(13)14/h8-9H,5-7H2,1-4H3,(H,13,14). The number of sulfonamides is 1. The summed E-state index contributed by atoms with van der Waals surface area (Å²) in [6.45, 7) is 5.55. The lowest BCUT2D eigenvalue weighted by Crippen LogP contribution is -2.43. The van der Waals surface area contributed by atoms with Gasteiger partial charge in [0, 0.05) is 20.1 Å². The minimum absolute atomic E-state index is 0.0692. The van der Waals surface area contributed by atoms with Crippen LogP contribution in [-0.4, -0.2) is 55.4 Å². The third-order valence-corrected chi connectivity index (χ3v) is 5.16. The van der Waals surface area contributed by atoms with Crippen LogP contribution in [0.25, 0.3) is 0 Å². The van der Waals surface area contributed by atoms with Crippen molar-refractivity contribution in [1.29, 1.82) is 0 Å². The number of rotatable bonds is 4. The van der Waals surface area contributed by atoms with Gasteiger partial charge in [-0.15, -0.1) is 0 Å². The van der Waals surface area contributed by atoms with Gasteiger partial charge in [0.1, 0.15) is 6.04 Å². The molecule has 0 aromatic heterocycles. The van der Waals surface area contributed by atoms with E-state index in [9.17, 15) is 13.2 Å². The van der Waals surface area contributed by atoms with Crippen LogP contribution in [0.5, 0.6) is 0 Å². The zero-order valence-corrected chi connectivity index (χ0v) is 12.0. The van der Waals surface area contributed by atoms with Gasteiger partial charge >= 0.3 is 5.97 Å². The summed E-state index contributed by atoms with van der Waals surface area (Å²) in [5.41, 5.74) is -0.410. The fourth-order valence-corrected chi connectivity index (χ4v) is 4.32. The molecular weight excluding hydrogens is 258 g/mol. The summed E-state index contributed by atoms with van der Waals surface area (Å²) in [4.78, 5) is 11.1. The molecule has 18 heavy (non-hydrogen) atoms. The second-order valence-electron chi connectivity index (χ2n) is 5.83. The van der Waals surface area contributed by atoms with Crippen molar-refractivity contribution in [2.24, 2.45) is 5.41 Å². The predicted octanol–water partition coefficient (Wildman–Crippen LogP) is 0.536. The average molecular weight is 279 g/mol. The van der Waals surface area contributed by atoms with E-state index in [4.69, 9.17) is 9.84 Å². The van der Waals surface area contributed by atoms with Crippen LogP contribution in [0.15, 0.2) is 0 Å². The topological polar surface area (TPSA) is 83.9 Å². The van der Waals surface area contributed by atoms with Crippen molar-refractivity contribution in [2.45, 2.75) is 39.3 Å². The molecule has 1 fully saturated rings. The Morgan fingerprint density at radius 2 is 2.00 bits per heavy atom. The third kappa shape index (κ3) is 3.66. The molecule has 0 saturated carbocycles. The molecule has 1 rings (SSSR count). The molecule has 0 amide bonds. The molecule has 0 aromatic carbocycles. The highest BCUT2D eigenvalue weighted by molar-refractivity contribution is 7.89. The highest BCUT2D eigenvalue weighted by Crippen LogP contribution is 2.27. The quantitative estimate of drug-likeness (QED) is 0.812. The van der Waals surface area contributed by atoms with E-state index in [1.165, 1.54) is 7.11 Å². The summed E-state index contributed by atoms with van der Waals surface area (Å²) >= 11 is 0. The zero-order chi connectivity index (χ0) is 14.1. The Bertz CT molecular complexity index is 412. The lowest BCUT2D eigenvalue weighted by Gasteiger charge is -2.25. The number of ether oxygens (including phenoxy) is 1. The van der Waals surface area contributed by atoms with Gasteiger partial charge in [-0.1, -0.05) is 20.8 Å². The molecule has 0 bridgehead atoms. The maximum absolute atomic E-state index is 12.2. The van der Waals surface area contributed by atoms with Gasteiger partial charge in [-0.05, 0) is 5.41 Å². The van der Waals surface area contributed by atoms with Crippen LogP contribution in [-0.2, 0) is 19.6 Å². The van der Waals surface area contributed by atoms with Gasteiger partial charge in [0.05, 0.1) is 11.9 Å². The largest absolute Gasteiger partial charge is 0.480 e. The number of aliphatic carboxylic acids is 1. The molecule has 1 N–H and O–H groups in total.